The van der Waals surface area contributed by atoms with Gasteiger partial charge in [0.25, 0.3) is 17.4 Å². The summed E-state index contributed by atoms with van der Waals surface area (Å²) in [6.07, 6.45) is 0.0705. The molecule has 5 rings (SSSR count). The number of carbonyl (C=O) groups is 4. The minimum absolute atomic E-state index is 0.0763. The van der Waals surface area contributed by atoms with Gasteiger partial charge in [-0.05, 0) is 36.4 Å². The van der Waals surface area contributed by atoms with E-state index in [0.29, 0.717) is 16.5 Å². The fourth-order valence-corrected chi connectivity index (χ4v) is 4.60. The quantitative estimate of drug-likeness (QED) is 0.365. The number of anilines is 2. The van der Waals surface area contributed by atoms with Gasteiger partial charge >= 0.3 is 11.7 Å². The number of nitrogens with one attached hydrogen (secondary N) is 2. The largest absolute Gasteiger partial charge is 0.340 e. The summed E-state index contributed by atoms with van der Waals surface area (Å²) in [6, 6.07) is 23.2. The van der Waals surface area contributed by atoms with E-state index in [1.165, 1.54) is 36.2 Å². The van der Waals surface area contributed by atoms with Gasteiger partial charge in [-0.1, -0.05) is 54.6 Å². The van der Waals surface area contributed by atoms with Crippen LogP contribution < -0.4 is 21.5 Å². The summed E-state index contributed by atoms with van der Waals surface area (Å²) in [5, 5.41) is 2.43. The van der Waals surface area contributed by atoms with Crippen molar-refractivity contribution >= 4 is 35.6 Å². The molecule has 1 aliphatic heterocycles. The average molecular weight is 550 g/mol. The highest BCUT2D eigenvalue weighted by atomic mass is 16.2. The number of aromatic amines is 1. The average Bonchev–Trinajstić information content (AvgIpc) is 3.01. The number of benzene rings is 3. The maximum absolute atomic E-state index is 13.7. The Bertz CT molecular complexity index is 1810. The SMILES string of the molecule is CNC(=O)N(C(=O)c1ccccc1)C1=C(C=O)Cc2c([nH]c(=O)n(C(=O)c3ccccc3)c2=O)N1c1ccccc1. The lowest BCUT2D eigenvalue weighted by Crippen LogP contribution is -2.50. The molecule has 2 heterocycles. The minimum atomic E-state index is -1.03. The first-order valence-electron chi connectivity index (χ1n) is 12.5. The van der Waals surface area contributed by atoms with Gasteiger partial charge < -0.3 is 5.32 Å². The monoisotopic (exact) mass is 549 g/mol. The zero-order valence-electron chi connectivity index (χ0n) is 21.7. The molecule has 11 heteroatoms. The molecule has 1 aromatic heterocycles. The summed E-state index contributed by atoms with van der Waals surface area (Å²) >= 11 is 0. The molecule has 0 fully saturated rings. The molecule has 11 nitrogen and oxygen atoms in total. The van der Waals surface area contributed by atoms with Crippen molar-refractivity contribution in [3.05, 3.63) is 140 Å². The van der Waals surface area contributed by atoms with Gasteiger partial charge in [0.15, 0.2) is 0 Å². The molecule has 4 aromatic rings. The van der Waals surface area contributed by atoms with Gasteiger partial charge in [-0.15, -0.1) is 0 Å². The summed E-state index contributed by atoms with van der Waals surface area (Å²) in [5.74, 6) is -1.86. The number of para-hydroxylation sites is 1. The molecule has 0 atom stereocenters. The Morgan fingerprint density at radius 1 is 0.854 bits per heavy atom. The first-order valence-corrected chi connectivity index (χ1v) is 12.5. The van der Waals surface area contributed by atoms with Gasteiger partial charge in [0, 0.05) is 35.9 Å². The zero-order chi connectivity index (χ0) is 29.1. The number of amides is 3. The topological polar surface area (TPSA) is 142 Å². The van der Waals surface area contributed by atoms with Crippen LogP contribution in [0.5, 0.6) is 0 Å². The number of aldehydes is 1. The number of aromatic nitrogens is 2. The molecule has 0 aliphatic carbocycles. The lowest BCUT2D eigenvalue weighted by molar-refractivity contribution is -0.105. The maximum Gasteiger partial charge on any atom is 0.337 e. The summed E-state index contributed by atoms with van der Waals surface area (Å²) in [5.41, 5.74) is -1.53. The Kier molecular flexibility index (Phi) is 7.25. The molecular formula is C30H23N5O6. The summed E-state index contributed by atoms with van der Waals surface area (Å²) in [7, 11) is 1.33. The van der Waals surface area contributed by atoms with Crippen molar-refractivity contribution in [1.29, 1.82) is 0 Å². The van der Waals surface area contributed by atoms with Crippen LogP contribution >= 0.6 is 0 Å². The number of hydrogen-bond donors (Lipinski definition) is 2. The Balaban J connectivity index is 1.78. The molecule has 0 radical (unpaired) electrons. The third-order valence-electron chi connectivity index (χ3n) is 6.50. The molecule has 0 saturated carbocycles. The van der Waals surface area contributed by atoms with Crippen LogP contribution in [0.25, 0.3) is 0 Å². The van der Waals surface area contributed by atoms with Crippen LogP contribution in [0.3, 0.4) is 0 Å². The van der Waals surface area contributed by atoms with Crippen molar-refractivity contribution in [2.24, 2.45) is 0 Å². The Morgan fingerprint density at radius 2 is 1.41 bits per heavy atom. The summed E-state index contributed by atoms with van der Waals surface area (Å²) < 4.78 is 0.469. The van der Waals surface area contributed by atoms with Crippen LogP contribution in [0.2, 0.25) is 0 Å². The number of imide groups is 1. The predicted octanol–water partition coefficient (Wildman–Crippen LogP) is 2.81. The van der Waals surface area contributed by atoms with Gasteiger partial charge in [-0.3, -0.25) is 29.1 Å². The smallest absolute Gasteiger partial charge is 0.337 e. The molecular weight excluding hydrogens is 526 g/mol. The number of nitrogens with zero attached hydrogens (tertiary/aromatic N) is 3. The van der Waals surface area contributed by atoms with Crippen molar-refractivity contribution in [1.82, 2.24) is 19.8 Å². The number of urea groups is 1. The molecule has 0 saturated heterocycles. The molecule has 0 unspecified atom stereocenters. The van der Waals surface area contributed by atoms with Crippen molar-refractivity contribution in [3.63, 3.8) is 0 Å². The Labute approximate surface area is 233 Å². The van der Waals surface area contributed by atoms with Crippen molar-refractivity contribution in [2.75, 3.05) is 11.9 Å². The van der Waals surface area contributed by atoms with E-state index in [9.17, 15) is 28.8 Å². The second-order valence-electron chi connectivity index (χ2n) is 8.95. The van der Waals surface area contributed by atoms with Crippen molar-refractivity contribution < 1.29 is 19.2 Å². The van der Waals surface area contributed by atoms with E-state index in [-0.39, 0.29) is 40.3 Å². The van der Waals surface area contributed by atoms with Crippen LogP contribution in [0, 0.1) is 0 Å². The van der Waals surface area contributed by atoms with Crippen LogP contribution in [0.1, 0.15) is 26.3 Å². The van der Waals surface area contributed by atoms with Crippen molar-refractivity contribution in [3.8, 4) is 0 Å². The standard InChI is InChI=1S/C30H23N5O6/c1-31-29(40)34(26(37)19-11-5-2-6-12-19)25-21(18-36)17-23-24(33(25)22-15-9-4-10-16-22)32-30(41)35(28(23)39)27(38)20-13-7-3-8-14-20/h2-16,18H,17H2,1H3,(H,31,40)(H,32,41). The number of H-pyrrole nitrogens is 1. The Morgan fingerprint density at radius 3 is 1.98 bits per heavy atom. The van der Waals surface area contributed by atoms with Gasteiger partial charge in [-0.25, -0.2) is 14.5 Å². The summed E-state index contributed by atoms with van der Waals surface area (Å²) in [6.45, 7) is 0. The van der Waals surface area contributed by atoms with Crippen LogP contribution in [0.15, 0.2) is 112 Å². The van der Waals surface area contributed by atoms with E-state index in [4.69, 9.17) is 0 Å². The van der Waals surface area contributed by atoms with E-state index in [0.717, 1.165) is 4.90 Å². The maximum atomic E-state index is 13.7. The molecule has 0 spiro atoms. The molecule has 204 valence electrons. The summed E-state index contributed by atoms with van der Waals surface area (Å²) in [4.78, 5) is 84.4. The molecule has 2 N–H and O–H groups in total. The molecule has 3 aromatic carbocycles. The highest BCUT2D eigenvalue weighted by Crippen LogP contribution is 2.37. The number of carbonyl (C=O) groups excluding carboxylic acids is 4. The van der Waals surface area contributed by atoms with E-state index >= 15 is 0 Å². The predicted molar refractivity (Wildman–Crippen MR) is 150 cm³/mol. The third kappa shape index (κ3) is 4.76. The number of fused-ring (bicyclic) bond motifs is 1. The van der Waals surface area contributed by atoms with Crippen molar-refractivity contribution in [2.45, 2.75) is 6.42 Å². The normalized spacial score (nSPS) is 12.4. The molecule has 41 heavy (non-hydrogen) atoms. The number of rotatable bonds is 5. The van der Waals surface area contributed by atoms with E-state index in [2.05, 4.69) is 10.3 Å². The molecule has 1 aliphatic rings. The first-order chi connectivity index (χ1) is 19.9. The van der Waals surface area contributed by atoms with E-state index in [1.807, 2.05) is 0 Å². The van der Waals surface area contributed by atoms with Gasteiger partial charge in [0.2, 0.25) is 0 Å². The lowest BCUT2D eigenvalue weighted by atomic mass is 10.0. The van der Waals surface area contributed by atoms with Crippen LogP contribution in [-0.2, 0) is 11.2 Å². The second kappa shape index (κ2) is 11.1. The zero-order valence-corrected chi connectivity index (χ0v) is 21.7. The minimum Gasteiger partial charge on any atom is -0.340 e. The second-order valence-corrected chi connectivity index (χ2v) is 8.95. The lowest BCUT2D eigenvalue weighted by Gasteiger charge is -2.37. The highest BCUT2D eigenvalue weighted by molar-refractivity contribution is 6.07. The van der Waals surface area contributed by atoms with Gasteiger partial charge in [0.05, 0.1) is 5.56 Å². The van der Waals surface area contributed by atoms with Crippen LogP contribution in [0.4, 0.5) is 16.3 Å². The van der Waals surface area contributed by atoms with E-state index in [1.54, 1.807) is 66.7 Å². The van der Waals surface area contributed by atoms with E-state index < -0.39 is 29.1 Å². The molecule has 0 bridgehead atoms. The fraction of sp³-hybridized carbons (Fsp3) is 0.0667. The molecule has 3 amide bonds. The fourth-order valence-electron chi connectivity index (χ4n) is 4.60. The Hall–Kier alpha value is -5.84. The highest BCUT2D eigenvalue weighted by Gasteiger charge is 2.39. The van der Waals surface area contributed by atoms with Gasteiger partial charge in [-0.2, -0.15) is 4.57 Å². The van der Waals surface area contributed by atoms with Crippen LogP contribution in [-0.4, -0.2) is 45.6 Å². The first kappa shape index (κ1) is 26.8. The third-order valence-corrected chi connectivity index (χ3v) is 6.50. The number of hydrogen-bond acceptors (Lipinski definition) is 7. The van der Waals surface area contributed by atoms with Gasteiger partial charge in [0.1, 0.15) is 17.9 Å². The number of allylic oxidation sites excluding steroid dienone is 1.